The van der Waals surface area contributed by atoms with E-state index in [2.05, 4.69) is 0 Å². The Labute approximate surface area is 184 Å². The lowest BCUT2D eigenvalue weighted by molar-refractivity contribution is -0.384. The molecule has 0 atom stereocenters. The van der Waals surface area contributed by atoms with Crippen LogP contribution < -0.4 is 4.90 Å². The van der Waals surface area contributed by atoms with E-state index in [-0.39, 0.29) is 15.0 Å². The highest BCUT2D eigenvalue weighted by atomic mass is 35.5. The SMILES string of the molecule is O=C1/C(=C\c2ccc(-c3ccccc3[N+](=O)[O-])o2)SC(=S)N1c1ccc(F)c(Cl)c1. The highest BCUT2D eigenvalue weighted by molar-refractivity contribution is 8.27. The fourth-order valence-electron chi connectivity index (χ4n) is 2.86. The first-order valence-corrected chi connectivity index (χ1v) is 10.0. The summed E-state index contributed by atoms with van der Waals surface area (Å²) >= 11 is 12.1. The molecule has 1 fully saturated rings. The van der Waals surface area contributed by atoms with Gasteiger partial charge >= 0.3 is 0 Å². The van der Waals surface area contributed by atoms with Crippen molar-refractivity contribution in [1.29, 1.82) is 0 Å². The Morgan fingerprint density at radius 3 is 2.70 bits per heavy atom. The van der Waals surface area contributed by atoms with E-state index in [0.29, 0.717) is 27.7 Å². The molecule has 0 radical (unpaired) electrons. The summed E-state index contributed by atoms with van der Waals surface area (Å²) < 4.78 is 19.4. The van der Waals surface area contributed by atoms with Crippen LogP contribution in [0.2, 0.25) is 5.02 Å². The summed E-state index contributed by atoms with van der Waals surface area (Å²) in [6.45, 7) is 0. The smallest absolute Gasteiger partial charge is 0.280 e. The molecule has 1 saturated heterocycles. The Morgan fingerprint density at radius 2 is 1.97 bits per heavy atom. The van der Waals surface area contributed by atoms with Gasteiger partial charge in [0.2, 0.25) is 0 Å². The van der Waals surface area contributed by atoms with Gasteiger partial charge in [0.15, 0.2) is 4.32 Å². The normalized spacial score (nSPS) is 15.3. The molecule has 1 aromatic heterocycles. The molecule has 0 spiro atoms. The Bertz CT molecular complexity index is 1240. The summed E-state index contributed by atoms with van der Waals surface area (Å²) in [5, 5.41) is 11.1. The van der Waals surface area contributed by atoms with Crippen molar-refractivity contribution in [2.24, 2.45) is 0 Å². The maximum absolute atomic E-state index is 13.4. The van der Waals surface area contributed by atoms with Crippen molar-refractivity contribution in [2.75, 3.05) is 4.90 Å². The summed E-state index contributed by atoms with van der Waals surface area (Å²) in [7, 11) is 0. The minimum absolute atomic E-state index is 0.0853. The number of nitrogens with zero attached hydrogens (tertiary/aromatic N) is 2. The topological polar surface area (TPSA) is 76.6 Å². The van der Waals surface area contributed by atoms with Gasteiger partial charge in [0, 0.05) is 12.1 Å². The molecule has 1 aliphatic heterocycles. The number of rotatable bonds is 4. The van der Waals surface area contributed by atoms with Gasteiger partial charge in [-0.15, -0.1) is 0 Å². The number of carbonyl (C=O) groups is 1. The van der Waals surface area contributed by atoms with E-state index in [0.717, 1.165) is 17.8 Å². The van der Waals surface area contributed by atoms with Crippen LogP contribution in [0.5, 0.6) is 0 Å². The van der Waals surface area contributed by atoms with Crippen LogP contribution in [0.4, 0.5) is 15.8 Å². The van der Waals surface area contributed by atoms with Crippen LogP contribution in [0.15, 0.2) is 63.9 Å². The monoisotopic (exact) mass is 460 g/mol. The molecule has 3 aromatic rings. The first kappa shape index (κ1) is 20.3. The van der Waals surface area contributed by atoms with Crippen molar-refractivity contribution < 1.29 is 18.5 Å². The number of nitro benzene ring substituents is 1. The lowest BCUT2D eigenvalue weighted by Crippen LogP contribution is -2.27. The van der Waals surface area contributed by atoms with Crippen LogP contribution in [0.1, 0.15) is 5.76 Å². The number of para-hydroxylation sites is 1. The molecule has 1 amide bonds. The van der Waals surface area contributed by atoms with E-state index in [4.69, 9.17) is 28.2 Å². The second kappa shape index (κ2) is 8.02. The standard InChI is InChI=1S/C20H10ClFN2O4S2/c21-14-9-11(5-7-15(14)22)23-19(25)18(30-20(23)29)10-12-6-8-17(28-12)13-3-1-2-4-16(13)24(26)27/h1-10H/b18-10+. The summed E-state index contributed by atoms with van der Waals surface area (Å²) in [6.07, 6.45) is 1.50. The van der Waals surface area contributed by atoms with Crippen molar-refractivity contribution >= 4 is 63.3 Å². The third kappa shape index (κ3) is 3.74. The Morgan fingerprint density at radius 1 is 1.20 bits per heavy atom. The second-order valence-corrected chi connectivity index (χ2v) is 8.17. The number of benzene rings is 2. The molecule has 0 N–H and O–H groups in total. The predicted molar refractivity (Wildman–Crippen MR) is 118 cm³/mol. The molecule has 1 aliphatic rings. The molecular formula is C20H10ClFN2O4S2. The van der Waals surface area contributed by atoms with Gasteiger partial charge in [-0.2, -0.15) is 0 Å². The third-order valence-corrected chi connectivity index (χ3v) is 5.81. The summed E-state index contributed by atoms with van der Waals surface area (Å²) in [5.41, 5.74) is 0.598. The molecule has 6 nitrogen and oxygen atoms in total. The molecule has 2 aromatic carbocycles. The number of furan rings is 1. The van der Waals surface area contributed by atoms with Crippen LogP contribution in [-0.2, 0) is 4.79 Å². The zero-order chi connectivity index (χ0) is 21.4. The average molecular weight is 461 g/mol. The third-order valence-electron chi connectivity index (χ3n) is 4.22. The van der Waals surface area contributed by atoms with E-state index in [9.17, 15) is 19.3 Å². The fourth-order valence-corrected chi connectivity index (χ4v) is 4.31. The Balaban J connectivity index is 1.64. The Kier molecular flexibility index (Phi) is 5.42. The van der Waals surface area contributed by atoms with Crippen molar-refractivity contribution in [3.8, 4) is 11.3 Å². The minimum atomic E-state index is -0.598. The number of halogens is 2. The Hall–Kier alpha value is -3.01. The largest absolute Gasteiger partial charge is 0.456 e. The highest BCUT2D eigenvalue weighted by Crippen LogP contribution is 2.38. The molecule has 0 aliphatic carbocycles. The van der Waals surface area contributed by atoms with Crippen LogP contribution in [0.25, 0.3) is 17.4 Å². The number of thiocarbonyl (C=S) groups is 1. The molecule has 150 valence electrons. The fraction of sp³-hybridized carbons (Fsp3) is 0. The number of amides is 1. The van der Waals surface area contributed by atoms with Crippen molar-refractivity contribution in [3.63, 3.8) is 0 Å². The zero-order valence-electron chi connectivity index (χ0n) is 14.9. The van der Waals surface area contributed by atoms with E-state index in [1.165, 1.54) is 29.2 Å². The lowest BCUT2D eigenvalue weighted by atomic mass is 10.1. The van der Waals surface area contributed by atoms with Crippen molar-refractivity contribution in [3.05, 3.63) is 86.2 Å². The maximum atomic E-state index is 13.4. The molecule has 30 heavy (non-hydrogen) atoms. The van der Waals surface area contributed by atoms with E-state index >= 15 is 0 Å². The van der Waals surface area contributed by atoms with Gasteiger partial charge in [0.25, 0.3) is 11.6 Å². The number of anilines is 1. The van der Waals surface area contributed by atoms with Crippen molar-refractivity contribution in [1.82, 2.24) is 0 Å². The van der Waals surface area contributed by atoms with Crippen LogP contribution in [0, 0.1) is 15.9 Å². The summed E-state index contributed by atoms with van der Waals surface area (Å²) in [5.74, 6) is -0.369. The number of nitro groups is 1. The molecule has 0 saturated carbocycles. The quantitative estimate of drug-likeness (QED) is 0.204. The second-order valence-electron chi connectivity index (χ2n) is 6.09. The number of carbonyl (C=O) groups excluding carboxylic acids is 1. The zero-order valence-corrected chi connectivity index (χ0v) is 17.3. The summed E-state index contributed by atoms with van der Waals surface area (Å²) in [6, 6.07) is 13.3. The molecule has 0 bridgehead atoms. The first-order chi connectivity index (χ1) is 14.3. The number of thioether (sulfide) groups is 1. The van der Waals surface area contributed by atoms with Gasteiger partial charge in [0.1, 0.15) is 17.3 Å². The average Bonchev–Trinajstić information content (AvgIpc) is 3.29. The maximum Gasteiger partial charge on any atom is 0.280 e. The van der Waals surface area contributed by atoms with Gasteiger partial charge in [0.05, 0.1) is 26.1 Å². The van der Waals surface area contributed by atoms with Gasteiger partial charge < -0.3 is 4.42 Å². The minimum Gasteiger partial charge on any atom is -0.456 e. The number of hydrogen-bond donors (Lipinski definition) is 0. The van der Waals surface area contributed by atoms with E-state index < -0.39 is 16.6 Å². The molecule has 10 heteroatoms. The van der Waals surface area contributed by atoms with Crippen LogP contribution >= 0.6 is 35.6 Å². The first-order valence-electron chi connectivity index (χ1n) is 8.42. The van der Waals surface area contributed by atoms with E-state index in [1.807, 2.05) is 0 Å². The number of hydrogen-bond acceptors (Lipinski definition) is 6. The summed E-state index contributed by atoms with van der Waals surface area (Å²) in [4.78, 5) is 25.1. The predicted octanol–water partition coefficient (Wildman–Crippen LogP) is 6.05. The lowest BCUT2D eigenvalue weighted by Gasteiger charge is -2.14. The van der Waals surface area contributed by atoms with Gasteiger partial charge in [-0.3, -0.25) is 19.8 Å². The van der Waals surface area contributed by atoms with Gasteiger partial charge in [-0.25, -0.2) is 4.39 Å². The van der Waals surface area contributed by atoms with E-state index in [1.54, 1.807) is 30.3 Å². The van der Waals surface area contributed by atoms with Crippen molar-refractivity contribution in [2.45, 2.75) is 0 Å². The molecule has 2 heterocycles. The highest BCUT2D eigenvalue weighted by Gasteiger charge is 2.34. The van der Waals surface area contributed by atoms with Gasteiger partial charge in [-0.05, 0) is 36.4 Å². The molecular weight excluding hydrogens is 451 g/mol. The molecule has 4 rings (SSSR count). The van der Waals surface area contributed by atoms with Gasteiger partial charge in [-0.1, -0.05) is 47.7 Å². The van der Waals surface area contributed by atoms with Crippen LogP contribution in [0.3, 0.4) is 0 Å². The molecule has 0 unspecified atom stereocenters. The van der Waals surface area contributed by atoms with Crippen LogP contribution in [-0.4, -0.2) is 15.2 Å².